The maximum absolute atomic E-state index is 11.6. The van der Waals surface area contributed by atoms with Crippen molar-refractivity contribution >= 4 is 5.97 Å². The van der Waals surface area contributed by atoms with Crippen LogP contribution in [-0.2, 0) is 23.7 Å². The minimum atomic E-state index is -1.35. The summed E-state index contributed by atoms with van der Waals surface area (Å²) in [5, 5.41) is 22.0. The van der Waals surface area contributed by atoms with Crippen molar-refractivity contribution in [2.24, 2.45) is 17.8 Å². The Balaban J connectivity index is 1.80. The van der Waals surface area contributed by atoms with Crippen LogP contribution in [0.4, 0.5) is 0 Å². The van der Waals surface area contributed by atoms with Crippen molar-refractivity contribution in [3.63, 3.8) is 0 Å². The first-order chi connectivity index (χ1) is 11.8. The van der Waals surface area contributed by atoms with Crippen molar-refractivity contribution < 1.29 is 34.0 Å². The number of esters is 1. The molecule has 0 radical (unpaired) electrons. The van der Waals surface area contributed by atoms with Crippen molar-refractivity contribution in [1.29, 1.82) is 0 Å². The molecule has 7 nitrogen and oxygen atoms in total. The summed E-state index contributed by atoms with van der Waals surface area (Å²) in [4.78, 5) is 11.6. The predicted molar refractivity (Wildman–Crippen MR) is 87.1 cm³/mol. The highest BCUT2D eigenvalue weighted by Gasteiger charge is 2.62. The fourth-order valence-electron chi connectivity index (χ4n) is 4.72. The van der Waals surface area contributed by atoms with E-state index in [-0.39, 0.29) is 24.4 Å². The van der Waals surface area contributed by atoms with Gasteiger partial charge in [0.2, 0.25) is 0 Å². The molecule has 2 heterocycles. The number of carbonyl (C=O) groups is 1. The predicted octanol–water partition coefficient (Wildman–Crippen LogP) is 1.55. The third-order valence-corrected chi connectivity index (χ3v) is 6.00. The molecule has 3 aliphatic rings. The second kappa shape index (κ2) is 7.12. The lowest BCUT2D eigenvalue weighted by Gasteiger charge is -2.55. The molecule has 2 aliphatic heterocycles. The number of rotatable bonds is 4. The van der Waals surface area contributed by atoms with Crippen molar-refractivity contribution in [2.45, 2.75) is 76.8 Å². The topological polar surface area (TPSA) is 94.5 Å². The Labute approximate surface area is 148 Å². The van der Waals surface area contributed by atoms with E-state index in [1.807, 2.05) is 6.92 Å². The van der Waals surface area contributed by atoms with Crippen molar-refractivity contribution in [1.82, 2.24) is 0 Å². The van der Waals surface area contributed by atoms with Gasteiger partial charge in [0.15, 0.2) is 18.4 Å². The zero-order valence-electron chi connectivity index (χ0n) is 15.3. The lowest BCUT2D eigenvalue weighted by molar-refractivity contribution is -0.405. The number of hydrogen-bond donors (Lipinski definition) is 2. The Morgan fingerprint density at radius 3 is 2.76 bits per heavy atom. The molecule has 1 aliphatic carbocycles. The summed E-state index contributed by atoms with van der Waals surface area (Å²) in [6, 6.07) is 0. The maximum atomic E-state index is 11.6. The average Bonchev–Trinajstić information content (AvgIpc) is 2.64. The fraction of sp³-hybridized carbons (Fsp3) is 0.944. The largest absolute Gasteiger partial charge is 0.464 e. The lowest BCUT2D eigenvalue weighted by Crippen LogP contribution is -2.65. The standard InChI is InChI=1S/C18H30O7/c1-4-22-14(19)10-23-15-11(2)13-7-5-6-12-8-9-17(3,20)25-16(24-15)18(12,13)21/h11-13,15-16,20-21H,4-10H2,1-3H3/t11-,12?,13?,15?,16-,17+,18-/m1/s1. The summed E-state index contributed by atoms with van der Waals surface area (Å²) in [7, 11) is 0. The normalized spacial score (nSPS) is 46.8. The maximum Gasteiger partial charge on any atom is 0.332 e. The quantitative estimate of drug-likeness (QED) is 0.736. The third-order valence-electron chi connectivity index (χ3n) is 6.00. The fourth-order valence-corrected chi connectivity index (χ4v) is 4.72. The molecule has 1 saturated carbocycles. The molecule has 144 valence electrons. The zero-order chi connectivity index (χ0) is 18.2. The smallest absolute Gasteiger partial charge is 0.332 e. The molecule has 0 aromatic carbocycles. The summed E-state index contributed by atoms with van der Waals surface area (Å²) in [5.74, 6) is -1.93. The first kappa shape index (κ1) is 19.0. The molecule has 0 bridgehead atoms. The zero-order valence-corrected chi connectivity index (χ0v) is 15.3. The molecule has 2 N–H and O–H groups in total. The summed E-state index contributed by atoms with van der Waals surface area (Å²) in [6.07, 6.45) is 2.25. The van der Waals surface area contributed by atoms with E-state index in [9.17, 15) is 15.0 Å². The second-order valence-electron chi connectivity index (χ2n) is 7.76. The minimum absolute atomic E-state index is 0.0266. The molecular formula is C18H30O7. The molecule has 3 rings (SSSR count). The molecule has 7 atom stereocenters. The second-order valence-corrected chi connectivity index (χ2v) is 7.76. The monoisotopic (exact) mass is 358 g/mol. The van der Waals surface area contributed by atoms with E-state index >= 15 is 0 Å². The number of aliphatic hydroxyl groups is 2. The van der Waals surface area contributed by atoms with E-state index in [0.717, 1.165) is 19.3 Å². The highest BCUT2D eigenvalue weighted by atomic mass is 16.8. The van der Waals surface area contributed by atoms with Gasteiger partial charge in [0.25, 0.3) is 0 Å². The van der Waals surface area contributed by atoms with Crippen LogP contribution in [0.2, 0.25) is 0 Å². The molecule has 25 heavy (non-hydrogen) atoms. The Kier molecular flexibility index (Phi) is 5.42. The van der Waals surface area contributed by atoms with Gasteiger partial charge in [-0.05, 0) is 39.0 Å². The molecule has 3 fully saturated rings. The molecule has 0 aromatic heterocycles. The lowest BCUT2D eigenvalue weighted by atomic mass is 9.61. The van der Waals surface area contributed by atoms with Gasteiger partial charge in [-0.15, -0.1) is 0 Å². The van der Waals surface area contributed by atoms with Gasteiger partial charge in [-0.2, -0.15) is 0 Å². The number of hydrogen-bond acceptors (Lipinski definition) is 7. The minimum Gasteiger partial charge on any atom is -0.464 e. The molecule has 0 spiro atoms. The van der Waals surface area contributed by atoms with Crippen LogP contribution in [0.15, 0.2) is 0 Å². The van der Waals surface area contributed by atoms with Crippen LogP contribution in [0.3, 0.4) is 0 Å². The van der Waals surface area contributed by atoms with Gasteiger partial charge in [-0.3, -0.25) is 0 Å². The molecule has 7 heteroatoms. The van der Waals surface area contributed by atoms with E-state index in [4.69, 9.17) is 18.9 Å². The number of carbonyl (C=O) groups excluding carboxylic acids is 1. The van der Waals surface area contributed by atoms with Crippen molar-refractivity contribution in [3.05, 3.63) is 0 Å². The van der Waals surface area contributed by atoms with E-state index in [1.54, 1.807) is 13.8 Å². The molecule has 3 unspecified atom stereocenters. The first-order valence-corrected chi connectivity index (χ1v) is 9.33. The van der Waals surface area contributed by atoms with E-state index in [2.05, 4.69) is 0 Å². The Bertz CT molecular complexity index is 494. The van der Waals surface area contributed by atoms with Crippen molar-refractivity contribution in [3.8, 4) is 0 Å². The molecule has 0 amide bonds. The number of ether oxygens (including phenoxy) is 4. The van der Waals surface area contributed by atoms with Gasteiger partial charge in [-0.25, -0.2) is 4.79 Å². The van der Waals surface area contributed by atoms with Gasteiger partial charge in [0.05, 0.1) is 6.61 Å². The summed E-state index contributed by atoms with van der Waals surface area (Å²) in [5.41, 5.74) is -1.14. The highest BCUT2D eigenvalue weighted by Crippen LogP contribution is 2.54. The van der Waals surface area contributed by atoms with E-state index in [0.29, 0.717) is 19.4 Å². The SMILES string of the molecule is CCOC(=O)COC1O[C@@H]2O[C@](C)(O)CCC3CCCC([C@H]1C)[C@]32O. The van der Waals surface area contributed by atoms with Crippen LogP contribution >= 0.6 is 0 Å². The van der Waals surface area contributed by atoms with Gasteiger partial charge in [0.1, 0.15) is 12.2 Å². The van der Waals surface area contributed by atoms with Gasteiger partial charge < -0.3 is 29.2 Å². The van der Waals surface area contributed by atoms with Gasteiger partial charge in [-0.1, -0.05) is 13.3 Å². The highest BCUT2D eigenvalue weighted by molar-refractivity contribution is 5.70. The summed E-state index contributed by atoms with van der Waals surface area (Å²) < 4.78 is 22.2. The van der Waals surface area contributed by atoms with Crippen LogP contribution in [0.25, 0.3) is 0 Å². The van der Waals surface area contributed by atoms with Crippen LogP contribution in [0, 0.1) is 17.8 Å². The van der Waals surface area contributed by atoms with E-state index in [1.165, 1.54) is 0 Å². The Morgan fingerprint density at radius 2 is 2.04 bits per heavy atom. The van der Waals surface area contributed by atoms with Gasteiger partial charge in [0, 0.05) is 18.3 Å². The van der Waals surface area contributed by atoms with Crippen LogP contribution in [0.1, 0.15) is 52.9 Å². The Morgan fingerprint density at radius 1 is 1.28 bits per heavy atom. The van der Waals surface area contributed by atoms with Crippen LogP contribution in [0.5, 0.6) is 0 Å². The van der Waals surface area contributed by atoms with E-state index < -0.39 is 29.9 Å². The first-order valence-electron chi connectivity index (χ1n) is 9.33. The van der Waals surface area contributed by atoms with Gasteiger partial charge >= 0.3 is 5.97 Å². The van der Waals surface area contributed by atoms with Crippen molar-refractivity contribution in [2.75, 3.05) is 13.2 Å². The summed E-state index contributed by atoms with van der Waals surface area (Å²) >= 11 is 0. The molecule has 0 aromatic rings. The summed E-state index contributed by atoms with van der Waals surface area (Å²) in [6.45, 7) is 5.39. The average molecular weight is 358 g/mol. The molecule has 2 saturated heterocycles. The van der Waals surface area contributed by atoms with Crippen LogP contribution < -0.4 is 0 Å². The molecular weight excluding hydrogens is 328 g/mol. The Hall–Kier alpha value is -0.730. The van der Waals surface area contributed by atoms with Crippen LogP contribution in [-0.4, -0.2) is 53.4 Å². The third kappa shape index (κ3) is 3.57.